The quantitative estimate of drug-likeness (QED) is 0.629. The topological polar surface area (TPSA) is 17.1 Å². The molecular weight excluding hydrogens is 180 g/mol. The van der Waals surface area contributed by atoms with Gasteiger partial charge in [0.15, 0.2) is 0 Å². The molecule has 0 spiro atoms. The zero-order valence-corrected chi connectivity index (χ0v) is 7.79. The van der Waals surface area contributed by atoms with Gasteiger partial charge in [-0.1, -0.05) is 36.7 Å². The molecule has 0 saturated carbocycles. The lowest BCUT2D eigenvalue weighted by atomic mass is 9.86. The van der Waals surface area contributed by atoms with Crippen LogP contribution < -0.4 is 0 Å². The molecule has 0 amide bonds. The largest absolute Gasteiger partial charge is 0.298 e. The van der Waals surface area contributed by atoms with E-state index >= 15 is 0 Å². The second-order valence-electron chi connectivity index (χ2n) is 2.79. The van der Waals surface area contributed by atoms with Crippen molar-refractivity contribution in [2.24, 2.45) is 5.41 Å². The lowest BCUT2D eigenvalue weighted by Crippen LogP contribution is -2.23. The molecule has 0 atom stereocenters. The molecule has 9 heavy (non-hydrogen) atoms. The number of rotatable bonds is 3. The number of Topliss-reactive ketones (excluding diaryl/α,β-unsaturated/α-hetero) is 1. The molecule has 0 heterocycles. The van der Waals surface area contributed by atoms with Crippen molar-refractivity contribution >= 4 is 21.7 Å². The SMILES string of the molecule is CCC(C)(C)C(=O)CBr. The highest BCUT2D eigenvalue weighted by molar-refractivity contribution is 9.09. The number of carbonyl (C=O) groups is 1. The molecule has 0 aliphatic carbocycles. The third-order valence-electron chi connectivity index (χ3n) is 1.76. The Balaban J connectivity index is 3.97. The van der Waals surface area contributed by atoms with Crippen molar-refractivity contribution in [2.75, 3.05) is 5.33 Å². The second-order valence-corrected chi connectivity index (χ2v) is 3.35. The molecule has 0 bridgehead atoms. The number of hydrogen-bond donors (Lipinski definition) is 0. The molecule has 0 aromatic heterocycles. The van der Waals surface area contributed by atoms with Crippen LogP contribution in [0.3, 0.4) is 0 Å². The Morgan fingerprint density at radius 3 is 2.11 bits per heavy atom. The van der Waals surface area contributed by atoms with Crippen LogP contribution in [0.25, 0.3) is 0 Å². The summed E-state index contributed by atoms with van der Waals surface area (Å²) in [4.78, 5) is 11.0. The summed E-state index contributed by atoms with van der Waals surface area (Å²) in [6.07, 6.45) is 0.914. The van der Waals surface area contributed by atoms with E-state index in [1.165, 1.54) is 0 Å². The Labute approximate surface area is 65.0 Å². The van der Waals surface area contributed by atoms with Crippen LogP contribution in [0.4, 0.5) is 0 Å². The van der Waals surface area contributed by atoms with Crippen molar-refractivity contribution < 1.29 is 4.79 Å². The molecule has 0 fully saturated rings. The van der Waals surface area contributed by atoms with E-state index in [-0.39, 0.29) is 11.2 Å². The van der Waals surface area contributed by atoms with Crippen LogP contribution in [0.5, 0.6) is 0 Å². The van der Waals surface area contributed by atoms with Gasteiger partial charge in [0.1, 0.15) is 5.78 Å². The van der Waals surface area contributed by atoms with Gasteiger partial charge in [-0.15, -0.1) is 0 Å². The summed E-state index contributed by atoms with van der Waals surface area (Å²) in [6.45, 7) is 5.97. The standard InChI is InChI=1S/C7H13BrO/c1-4-7(2,3)6(9)5-8/h4-5H2,1-3H3. The van der Waals surface area contributed by atoms with E-state index in [9.17, 15) is 4.79 Å². The van der Waals surface area contributed by atoms with E-state index in [0.29, 0.717) is 5.33 Å². The van der Waals surface area contributed by atoms with E-state index in [1.807, 2.05) is 20.8 Å². The van der Waals surface area contributed by atoms with Crippen molar-refractivity contribution in [3.05, 3.63) is 0 Å². The smallest absolute Gasteiger partial charge is 0.148 e. The minimum Gasteiger partial charge on any atom is -0.298 e. The fourth-order valence-electron chi connectivity index (χ4n) is 0.378. The molecule has 1 nitrogen and oxygen atoms in total. The predicted octanol–water partition coefficient (Wildman–Crippen LogP) is 2.39. The van der Waals surface area contributed by atoms with Crippen molar-refractivity contribution in [1.82, 2.24) is 0 Å². The van der Waals surface area contributed by atoms with Crippen LogP contribution in [-0.2, 0) is 4.79 Å². The summed E-state index contributed by atoms with van der Waals surface area (Å²) in [5.74, 6) is 0.282. The zero-order chi connectivity index (χ0) is 7.49. The van der Waals surface area contributed by atoms with Crippen molar-refractivity contribution in [3.63, 3.8) is 0 Å². The summed E-state index contributed by atoms with van der Waals surface area (Å²) in [6, 6.07) is 0. The fourth-order valence-corrected chi connectivity index (χ4v) is 1.14. The van der Waals surface area contributed by atoms with Gasteiger partial charge in [0.2, 0.25) is 0 Å². The Morgan fingerprint density at radius 1 is 1.56 bits per heavy atom. The Hall–Kier alpha value is 0.150. The van der Waals surface area contributed by atoms with E-state index < -0.39 is 0 Å². The van der Waals surface area contributed by atoms with Crippen LogP contribution in [0.2, 0.25) is 0 Å². The van der Waals surface area contributed by atoms with Crippen LogP contribution in [0, 0.1) is 5.41 Å². The van der Waals surface area contributed by atoms with E-state index in [1.54, 1.807) is 0 Å². The van der Waals surface area contributed by atoms with E-state index in [4.69, 9.17) is 0 Å². The van der Waals surface area contributed by atoms with Gasteiger partial charge in [0.05, 0.1) is 5.33 Å². The zero-order valence-electron chi connectivity index (χ0n) is 6.20. The summed E-state index contributed by atoms with van der Waals surface area (Å²) >= 11 is 3.14. The Bertz CT molecular complexity index is 107. The molecule has 0 rings (SSSR count). The maximum Gasteiger partial charge on any atom is 0.148 e. The first kappa shape index (κ1) is 9.15. The average molecular weight is 193 g/mol. The third kappa shape index (κ3) is 2.48. The number of ketones is 1. The molecule has 0 unspecified atom stereocenters. The first-order valence-corrected chi connectivity index (χ1v) is 4.26. The van der Waals surface area contributed by atoms with Gasteiger partial charge in [0.25, 0.3) is 0 Å². The predicted molar refractivity (Wildman–Crippen MR) is 42.9 cm³/mol. The average Bonchev–Trinajstić information content (AvgIpc) is 1.86. The van der Waals surface area contributed by atoms with Crippen LogP contribution in [0.1, 0.15) is 27.2 Å². The van der Waals surface area contributed by atoms with Gasteiger partial charge in [-0.25, -0.2) is 0 Å². The normalized spacial score (nSPS) is 11.6. The lowest BCUT2D eigenvalue weighted by molar-refractivity contribution is -0.124. The van der Waals surface area contributed by atoms with Gasteiger partial charge >= 0.3 is 0 Å². The molecule has 54 valence electrons. The number of alkyl halides is 1. The van der Waals surface area contributed by atoms with Gasteiger partial charge in [-0.05, 0) is 6.42 Å². The van der Waals surface area contributed by atoms with Crippen LogP contribution in [-0.4, -0.2) is 11.1 Å². The molecule has 0 aliphatic rings. The highest BCUT2D eigenvalue weighted by Crippen LogP contribution is 2.21. The molecule has 0 aliphatic heterocycles. The number of hydrogen-bond acceptors (Lipinski definition) is 1. The molecular formula is C7H13BrO. The number of carbonyl (C=O) groups excluding carboxylic acids is 1. The summed E-state index contributed by atoms with van der Waals surface area (Å²) in [5.41, 5.74) is -0.135. The minimum atomic E-state index is -0.135. The van der Waals surface area contributed by atoms with Gasteiger partial charge in [-0.3, -0.25) is 4.79 Å². The molecule has 0 saturated heterocycles. The third-order valence-corrected chi connectivity index (χ3v) is 2.27. The molecule has 0 aromatic rings. The first-order chi connectivity index (χ1) is 4.04. The van der Waals surface area contributed by atoms with Crippen LogP contribution in [0.15, 0.2) is 0 Å². The molecule has 0 radical (unpaired) electrons. The van der Waals surface area contributed by atoms with Crippen molar-refractivity contribution in [3.8, 4) is 0 Å². The maximum atomic E-state index is 11.0. The molecule has 0 aromatic carbocycles. The highest BCUT2D eigenvalue weighted by Gasteiger charge is 2.23. The second kappa shape index (κ2) is 3.35. The molecule has 2 heteroatoms. The van der Waals surface area contributed by atoms with Gasteiger partial charge in [-0.2, -0.15) is 0 Å². The van der Waals surface area contributed by atoms with Gasteiger partial charge < -0.3 is 0 Å². The monoisotopic (exact) mass is 192 g/mol. The summed E-state index contributed by atoms with van der Waals surface area (Å²) in [7, 11) is 0. The van der Waals surface area contributed by atoms with Crippen molar-refractivity contribution in [2.45, 2.75) is 27.2 Å². The molecule has 0 N–H and O–H groups in total. The summed E-state index contributed by atoms with van der Waals surface area (Å²) < 4.78 is 0. The summed E-state index contributed by atoms with van der Waals surface area (Å²) in [5, 5.41) is 0.480. The highest BCUT2D eigenvalue weighted by atomic mass is 79.9. The minimum absolute atomic E-state index is 0.135. The van der Waals surface area contributed by atoms with Crippen LogP contribution >= 0.6 is 15.9 Å². The van der Waals surface area contributed by atoms with Gasteiger partial charge in [0, 0.05) is 5.41 Å². The van der Waals surface area contributed by atoms with E-state index in [0.717, 1.165) is 6.42 Å². The van der Waals surface area contributed by atoms with Crippen molar-refractivity contribution in [1.29, 1.82) is 0 Å². The first-order valence-electron chi connectivity index (χ1n) is 3.14. The Kier molecular flexibility index (Phi) is 3.41. The Morgan fingerprint density at radius 2 is 2.00 bits per heavy atom. The fraction of sp³-hybridized carbons (Fsp3) is 0.857. The van der Waals surface area contributed by atoms with E-state index in [2.05, 4.69) is 15.9 Å². The lowest BCUT2D eigenvalue weighted by Gasteiger charge is -2.18. The maximum absolute atomic E-state index is 11.0. The number of halogens is 1.